The molecule has 0 saturated heterocycles. The molecule has 1 N–H and O–H groups in total. The quantitative estimate of drug-likeness (QED) is 0.496. The summed E-state index contributed by atoms with van der Waals surface area (Å²) in [6.45, 7) is 1.77. The fourth-order valence-corrected chi connectivity index (χ4v) is 4.59. The van der Waals surface area contributed by atoms with E-state index in [1.165, 1.54) is 35.5 Å². The number of carbonyl (C=O) groups is 1. The van der Waals surface area contributed by atoms with E-state index >= 15 is 0 Å². The van der Waals surface area contributed by atoms with Gasteiger partial charge < -0.3 is 14.3 Å². The third kappa shape index (κ3) is 2.96. The number of halogens is 1. The molecule has 0 aliphatic carbocycles. The molecule has 0 bridgehead atoms. The van der Waals surface area contributed by atoms with Crippen molar-refractivity contribution in [3.8, 4) is 11.5 Å². The minimum absolute atomic E-state index is 0.0635. The Kier molecular flexibility index (Phi) is 4.45. The predicted octanol–water partition coefficient (Wildman–Crippen LogP) is 4.07. The monoisotopic (exact) mass is 455 g/mol. The molecule has 4 aromatic rings. The lowest BCUT2D eigenvalue weighted by atomic mass is 9.98. The zero-order valence-electron chi connectivity index (χ0n) is 16.2. The van der Waals surface area contributed by atoms with Crippen molar-refractivity contribution in [3.05, 3.63) is 73.5 Å². The fraction of sp³-hybridized carbons (Fsp3) is 0.143. The topological polar surface area (TPSA) is 106 Å². The summed E-state index contributed by atoms with van der Waals surface area (Å²) in [6, 6.07) is 8.46. The van der Waals surface area contributed by atoms with E-state index in [1.54, 1.807) is 31.2 Å². The number of aromatic hydroxyl groups is 1. The van der Waals surface area contributed by atoms with Crippen LogP contribution in [0.1, 0.15) is 32.7 Å². The van der Waals surface area contributed by atoms with E-state index in [0.29, 0.717) is 20.7 Å². The average Bonchev–Trinajstić information content (AvgIpc) is 3.30. The van der Waals surface area contributed by atoms with Crippen LogP contribution in [0.2, 0.25) is 5.02 Å². The number of carbonyl (C=O) groups excluding carboxylic acids is 1. The molecule has 10 heteroatoms. The van der Waals surface area contributed by atoms with Gasteiger partial charge in [0.2, 0.25) is 10.9 Å². The van der Waals surface area contributed by atoms with Crippen molar-refractivity contribution in [1.82, 2.24) is 10.2 Å². The normalized spacial score (nSPS) is 15.5. The maximum absolute atomic E-state index is 13.5. The number of aromatic nitrogens is 2. The highest BCUT2D eigenvalue weighted by Gasteiger charge is 2.45. The van der Waals surface area contributed by atoms with Crippen LogP contribution in [0.3, 0.4) is 0 Å². The number of phenols is 1. The first-order chi connectivity index (χ1) is 14.9. The SMILES string of the molecule is COc1cc(C2c3c(oc4ccc(Cl)cc4c3=O)C(=O)N2c2nnc(C)s2)ccc1O. The second-order valence-corrected chi connectivity index (χ2v) is 8.52. The Labute approximate surface area is 184 Å². The summed E-state index contributed by atoms with van der Waals surface area (Å²) in [4.78, 5) is 28.3. The van der Waals surface area contributed by atoms with Crippen molar-refractivity contribution >= 4 is 44.9 Å². The highest BCUT2D eigenvalue weighted by atomic mass is 35.5. The van der Waals surface area contributed by atoms with E-state index in [1.807, 2.05) is 0 Å². The Morgan fingerprint density at radius 1 is 1.19 bits per heavy atom. The molecule has 8 nitrogen and oxygen atoms in total. The van der Waals surface area contributed by atoms with Crippen molar-refractivity contribution in [1.29, 1.82) is 0 Å². The zero-order chi connectivity index (χ0) is 21.9. The van der Waals surface area contributed by atoms with Gasteiger partial charge >= 0.3 is 0 Å². The molecular weight excluding hydrogens is 442 g/mol. The van der Waals surface area contributed by atoms with Crippen molar-refractivity contribution in [2.45, 2.75) is 13.0 Å². The second kappa shape index (κ2) is 7.07. The number of fused-ring (bicyclic) bond motifs is 2. The van der Waals surface area contributed by atoms with Crippen LogP contribution in [0.4, 0.5) is 5.13 Å². The highest BCUT2D eigenvalue weighted by molar-refractivity contribution is 7.15. The summed E-state index contributed by atoms with van der Waals surface area (Å²) in [6.07, 6.45) is 0. The molecule has 31 heavy (non-hydrogen) atoms. The zero-order valence-corrected chi connectivity index (χ0v) is 17.8. The Balaban J connectivity index is 1.83. The molecule has 0 fully saturated rings. The van der Waals surface area contributed by atoms with Gasteiger partial charge in [-0.3, -0.25) is 14.5 Å². The van der Waals surface area contributed by atoms with Crippen LogP contribution in [0, 0.1) is 6.92 Å². The maximum Gasteiger partial charge on any atom is 0.297 e. The number of anilines is 1. The summed E-state index contributed by atoms with van der Waals surface area (Å²) < 4.78 is 11.1. The molecule has 1 aliphatic rings. The smallest absolute Gasteiger partial charge is 0.297 e. The molecule has 1 aliphatic heterocycles. The minimum atomic E-state index is -0.844. The summed E-state index contributed by atoms with van der Waals surface area (Å²) in [5.41, 5.74) is 0.607. The molecule has 156 valence electrons. The number of methoxy groups -OCH3 is 1. The van der Waals surface area contributed by atoms with Gasteiger partial charge in [-0.1, -0.05) is 29.0 Å². The Morgan fingerprint density at radius 3 is 2.71 bits per heavy atom. The molecule has 5 rings (SSSR count). The standard InChI is InChI=1S/C21H14ClN3O5S/c1-9-23-24-21(31-9)25-17(10-3-5-13(26)15(7-10)29-2)16-18(27)12-8-11(22)4-6-14(12)30-19(16)20(25)28/h3-8,17,26H,1-2H3. The molecule has 3 heterocycles. The number of phenolic OH excluding ortho intramolecular Hbond substituents is 1. The molecular formula is C21H14ClN3O5S. The average molecular weight is 456 g/mol. The minimum Gasteiger partial charge on any atom is -0.504 e. The Hall–Kier alpha value is -3.43. The molecule has 0 saturated carbocycles. The van der Waals surface area contributed by atoms with Crippen LogP contribution in [0.15, 0.2) is 45.6 Å². The van der Waals surface area contributed by atoms with Crippen LogP contribution in [0.25, 0.3) is 11.0 Å². The summed E-state index contributed by atoms with van der Waals surface area (Å²) in [5.74, 6) is -0.423. The number of nitrogens with zero attached hydrogens (tertiary/aromatic N) is 3. The Bertz CT molecular complexity index is 1430. The lowest BCUT2D eigenvalue weighted by molar-refractivity contribution is 0.0970. The Morgan fingerprint density at radius 2 is 2.00 bits per heavy atom. The van der Waals surface area contributed by atoms with E-state index < -0.39 is 11.9 Å². The van der Waals surface area contributed by atoms with E-state index in [0.717, 1.165) is 0 Å². The number of hydrogen-bond donors (Lipinski definition) is 1. The van der Waals surface area contributed by atoms with Gasteiger partial charge in [0.25, 0.3) is 5.91 Å². The number of hydrogen-bond acceptors (Lipinski definition) is 8. The van der Waals surface area contributed by atoms with Crippen molar-refractivity contribution in [3.63, 3.8) is 0 Å². The molecule has 1 atom stereocenters. The summed E-state index contributed by atoms with van der Waals surface area (Å²) in [5, 5.41) is 19.8. The van der Waals surface area contributed by atoms with Crippen LogP contribution in [0.5, 0.6) is 11.5 Å². The summed E-state index contributed by atoms with van der Waals surface area (Å²) >= 11 is 7.31. The molecule has 2 aromatic carbocycles. The van der Waals surface area contributed by atoms with Gasteiger partial charge in [-0.2, -0.15) is 0 Å². The van der Waals surface area contributed by atoms with Crippen LogP contribution in [-0.2, 0) is 0 Å². The number of ether oxygens (including phenoxy) is 1. The lowest BCUT2D eigenvalue weighted by Gasteiger charge is -2.22. The largest absolute Gasteiger partial charge is 0.504 e. The number of benzene rings is 2. The van der Waals surface area contributed by atoms with Crippen molar-refractivity contribution < 1.29 is 19.1 Å². The molecule has 0 radical (unpaired) electrons. The molecule has 2 aromatic heterocycles. The van der Waals surface area contributed by atoms with Gasteiger partial charge in [0.15, 0.2) is 16.9 Å². The molecule has 1 unspecified atom stereocenters. The van der Waals surface area contributed by atoms with Gasteiger partial charge in [-0.25, -0.2) is 0 Å². The van der Waals surface area contributed by atoms with Gasteiger partial charge in [0, 0.05) is 5.02 Å². The summed E-state index contributed by atoms with van der Waals surface area (Å²) in [7, 11) is 1.42. The van der Waals surface area contributed by atoms with E-state index in [-0.39, 0.29) is 39.2 Å². The highest BCUT2D eigenvalue weighted by Crippen LogP contribution is 2.43. The lowest BCUT2D eigenvalue weighted by Crippen LogP contribution is -2.29. The van der Waals surface area contributed by atoms with Crippen LogP contribution >= 0.6 is 22.9 Å². The fourth-order valence-electron chi connectivity index (χ4n) is 3.71. The predicted molar refractivity (Wildman–Crippen MR) is 115 cm³/mol. The van der Waals surface area contributed by atoms with Crippen molar-refractivity contribution in [2.75, 3.05) is 12.0 Å². The van der Waals surface area contributed by atoms with Gasteiger partial charge in [0.1, 0.15) is 10.6 Å². The first kappa shape index (κ1) is 19.5. The van der Waals surface area contributed by atoms with Crippen LogP contribution in [-0.4, -0.2) is 28.3 Å². The molecule has 0 spiro atoms. The van der Waals surface area contributed by atoms with Crippen LogP contribution < -0.4 is 15.1 Å². The van der Waals surface area contributed by atoms with Crippen molar-refractivity contribution in [2.24, 2.45) is 0 Å². The third-order valence-corrected chi connectivity index (χ3v) is 6.15. The third-order valence-electron chi connectivity index (χ3n) is 5.07. The number of rotatable bonds is 3. The molecule has 1 amide bonds. The first-order valence-corrected chi connectivity index (χ1v) is 10.4. The maximum atomic E-state index is 13.5. The van der Waals surface area contributed by atoms with E-state index in [4.69, 9.17) is 20.8 Å². The number of amides is 1. The number of aryl methyl sites for hydroxylation is 1. The van der Waals surface area contributed by atoms with E-state index in [2.05, 4.69) is 10.2 Å². The van der Waals surface area contributed by atoms with Gasteiger partial charge in [-0.15, -0.1) is 10.2 Å². The van der Waals surface area contributed by atoms with Gasteiger partial charge in [-0.05, 0) is 42.8 Å². The van der Waals surface area contributed by atoms with E-state index in [9.17, 15) is 14.7 Å². The second-order valence-electron chi connectivity index (χ2n) is 6.93. The first-order valence-electron chi connectivity index (χ1n) is 9.16. The van der Waals surface area contributed by atoms with Gasteiger partial charge in [0.05, 0.1) is 24.1 Å².